The van der Waals surface area contributed by atoms with E-state index in [0.717, 1.165) is 55.7 Å². The maximum absolute atomic E-state index is 6.14. The van der Waals surface area contributed by atoms with Gasteiger partial charge in [0.25, 0.3) is 0 Å². The smallest absolute Gasteiger partial charge is 0.129 e. The van der Waals surface area contributed by atoms with Gasteiger partial charge in [0.2, 0.25) is 0 Å². The second-order valence-electron chi connectivity index (χ2n) is 7.48. The van der Waals surface area contributed by atoms with Crippen molar-refractivity contribution >= 4 is 21.7 Å². The second-order valence-corrected chi connectivity index (χ2v) is 7.48. The molecule has 1 aromatic heterocycles. The summed E-state index contributed by atoms with van der Waals surface area (Å²) in [5.74, 6) is 1.72. The third-order valence-corrected chi connectivity index (χ3v) is 5.87. The molecule has 0 unspecified atom stereocenters. The summed E-state index contributed by atoms with van der Waals surface area (Å²) in [7, 11) is 1.72. The number of fused-ring (bicyclic) bond motifs is 6. The van der Waals surface area contributed by atoms with Crippen LogP contribution >= 0.6 is 0 Å². The first-order valence-corrected chi connectivity index (χ1v) is 10.0. The minimum absolute atomic E-state index is 0.482. The van der Waals surface area contributed by atoms with E-state index in [0.29, 0.717) is 6.61 Å². The van der Waals surface area contributed by atoms with Gasteiger partial charge in [-0.15, -0.1) is 0 Å². The van der Waals surface area contributed by atoms with Crippen molar-refractivity contribution in [2.24, 2.45) is 0 Å². The Bertz CT molecular complexity index is 1440. The first-order valence-electron chi connectivity index (χ1n) is 10.0. The van der Waals surface area contributed by atoms with Gasteiger partial charge in [-0.25, -0.2) is 4.98 Å². The average molecular weight is 389 g/mol. The topological polar surface area (TPSA) is 31.4 Å². The van der Waals surface area contributed by atoms with E-state index in [1.807, 2.05) is 30.3 Å². The molecule has 1 aliphatic rings. The first-order chi connectivity index (χ1) is 14.8. The van der Waals surface area contributed by atoms with Crippen LogP contribution in [0.4, 0.5) is 0 Å². The molecule has 5 aromatic rings. The van der Waals surface area contributed by atoms with Crippen molar-refractivity contribution in [2.75, 3.05) is 7.11 Å². The summed E-state index contributed by atoms with van der Waals surface area (Å²) >= 11 is 0. The standard InChI is InChI=1S/C27H19NO2/c1-29-23-12-6-4-10-19(23)25-21-15-14-17-8-2-3-9-18(17)26(21)28-27-20-11-5-7-13-24(20)30-16-22(25)27/h2-15H,16H2,1H3. The Morgan fingerprint density at radius 3 is 2.43 bits per heavy atom. The third-order valence-electron chi connectivity index (χ3n) is 5.87. The van der Waals surface area contributed by atoms with Crippen molar-refractivity contribution in [1.29, 1.82) is 0 Å². The molecule has 0 bridgehead atoms. The Labute approximate surface area is 174 Å². The van der Waals surface area contributed by atoms with Gasteiger partial charge in [0.1, 0.15) is 18.1 Å². The molecule has 0 radical (unpaired) electrons. The van der Waals surface area contributed by atoms with Crippen molar-refractivity contribution in [3.63, 3.8) is 0 Å². The Kier molecular flexibility index (Phi) is 3.75. The highest BCUT2D eigenvalue weighted by atomic mass is 16.5. The van der Waals surface area contributed by atoms with Crippen LogP contribution in [-0.2, 0) is 6.61 Å². The Hall–Kier alpha value is -3.85. The lowest BCUT2D eigenvalue weighted by Crippen LogP contribution is -2.10. The molecule has 0 saturated heterocycles. The molecule has 6 rings (SSSR count). The molecule has 0 fully saturated rings. The van der Waals surface area contributed by atoms with Crippen LogP contribution in [0.25, 0.3) is 44.1 Å². The zero-order valence-corrected chi connectivity index (χ0v) is 16.6. The fourth-order valence-electron chi connectivity index (χ4n) is 4.50. The largest absolute Gasteiger partial charge is 0.496 e. The molecule has 0 N–H and O–H groups in total. The van der Waals surface area contributed by atoms with E-state index >= 15 is 0 Å². The molecule has 2 heterocycles. The van der Waals surface area contributed by atoms with Gasteiger partial charge in [-0.1, -0.05) is 66.7 Å². The number of hydrogen-bond donors (Lipinski definition) is 0. The van der Waals surface area contributed by atoms with Gasteiger partial charge in [0.05, 0.1) is 18.3 Å². The Balaban J connectivity index is 1.82. The molecule has 3 heteroatoms. The molecular weight excluding hydrogens is 370 g/mol. The number of rotatable bonds is 2. The number of hydrogen-bond acceptors (Lipinski definition) is 3. The van der Waals surface area contributed by atoms with E-state index in [1.165, 1.54) is 5.39 Å². The molecule has 1 aliphatic heterocycles. The van der Waals surface area contributed by atoms with Crippen molar-refractivity contribution in [1.82, 2.24) is 4.98 Å². The SMILES string of the molecule is COc1ccccc1-c1c2c(nc3c1ccc1ccccc13)-c1ccccc1OC2. The predicted octanol–water partition coefficient (Wildman–Crippen LogP) is 6.62. The normalized spacial score (nSPS) is 12.3. The monoisotopic (exact) mass is 389 g/mol. The molecule has 3 nitrogen and oxygen atoms in total. The van der Waals surface area contributed by atoms with Crippen molar-refractivity contribution in [2.45, 2.75) is 6.61 Å². The molecule has 30 heavy (non-hydrogen) atoms. The number of nitrogens with zero attached hydrogens (tertiary/aromatic N) is 1. The minimum atomic E-state index is 0.482. The highest BCUT2D eigenvalue weighted by molar-refractivity contribution is 6.12. The number of ether oxygens (including phenoxy) is 2. The maximum atomic E-state index is 6.14. The molecule has 0 saturated carbocycles. The van der Waals surface area contributed by atoms with Crippen LogP contribution in [0, 0.1) is 0 Å². The minimum Gasteiger partial charge on any atom is -0.496 e. The number of para-hydroxylation sites is 2. The third kappa shape index (κ3) is 2.42. The van der Waals surface area contributed by atoms with Crippen LogP contribution in [0.3, 0.4) is 0 Å². The van der Waals surface area contributed by atoms with Crippen LogP contribution in [0.2, 0.25) is 0 Å². The molecule has 4 aromatic carbocycles. The van der Waals surface area contributed by atoms with Gasteiger partial charge in [-0.3, -0.25) is 0 Å². The predicted molar refractivity (Wildman–Crippen MR) is 121 cm³/mol. The summed E-state index contributed by atoms with van der Waals surface area (Å²) in [6.07, 6.45) is 0. The molecule has 0 atom stereocenters. The van der Waals surface area contributed by atoms with E-state index in [2.05, 4.69) is 54.6 Å². The highest BCUT2D eigenvalue weighted by Gasteiger charge is 2.26. The number of methoxy groups -OCH3 is 1. The van der Waals surface area contributed by atoms with Crippen molar-refractivity contribution in [3.8, 4) is 33.9 Å². The Morgan fingerprint density at radius 1 is 0.767 bits per heavy atom. The zero-order chi connectivity index (χ0) is 20.1. The molecule has 144 valence electrons. The highest BCUT2D eigenvalue weighted by Crippen LogP contribution is 2.46. The number of benzene rings is 4. The van der Waals surface area contributed by atoms with E-state index in [9.17, 15) is 0 Å². The van der Waals surface area contributed by atoms with Gasteiger partial charge >= 0.3 is 0 Å². The van der Waals surface area contributed by atoms with Gasteiger partial charge < -0.3 is 9.47 Å². The van der Waals surface area contributed by atoms with Gasteiger partial charge in [-0.05, 0) is 23.6 Å². The summed E-state index contributed by atoms with van der Waals surface area (Å²) in [5, 5.41) is 3.45. The first kappa shape index (κ1) is 17.0. The lowest BCUT2D eigenvalue weighted by molar-refractivity contribution is 0.302. The molecule has 0 aliphatic carbocycles. The summed E-state index contributed by atoms with van der Waals surface area (Å²) in [4.78, 5) is 5.21. The van der Waals surface area contributed by atoms with E-state index in [1.54, 1.807) is 7.11 Å². The summed E-state index contributed by atoms with van der Waals surface area (Å²) in [6, 6.07) is 29.1. The Morgan fingerprint density at radius 2 is 1.53 bits per heavy atom. The van der Waals surface area contributed by atoms with E-state index in [-0.39, 0.29) is 0 Å². The van der Waals surface area contributed by atoms with Crippen LogP contribution in [0.15, 0.2) is 84.9 Å². The fraction of sp³-hybridized carbons (Fsp3) is 0.0741. The average Bonchev–Trinajstić information content (AvgIpc) is 2.82. The van der Waals surface area contributed by atoms with Crippen molar-refractivity contribution in [3.05, 3.63) is 90.5 Å². The molecular formula is C27H19NO2. The molecule has 0 amide bonds. The number of aromatic nitrogens is 1. The van der Waals surface area contributed by atoms with Crippen LogP contribution in [0.1, 0.15) is 5.56 Å². The van der Waals surface area contributed by atoms with Crippen molar-refractivity contribution < 1.29 is 9.47 Å². The second kappa shape index (κ2) is 6.60. The maximum Gasteiger partial charge on any atom is 0.129 e. The van der Waals surface area contributed by atoms with Crippen LogP contribution in [0.5, 0.6) is 11.5 Å². The summed E-state index contributed by atoms with van der Waals surface area (Å²) in [6.45, 7) is 0.482. The quantitative estimate of drug-likeness (QED) is 0.318. The van der Waals surface area contributed by atoms with Gasteiger partial charge in [0, 0.05) is 33.0 Å². The van der Waals surface area contributed by atoms with Crippen LogP contribution in [-0.4, -0.2) is 12.1 Å². The van der Waals surface area contributed by atoms with E-state index < -0.39 is 0 Å². The van der Waals surface area contributed by atoms with Gasteiger partial charge in [-0.2, -0.15) is 0 Å². The van der Waals surface area contributed by atoms with E-state index in [4.69, 9.17) is 14.5 Å². The number of pyridine rings is 1. The molecule has 0 spiro atoms. The van der Waals surface area contributed by atoms with Crippen LogP contribution < -0.4 is 9.47 Å². The fourth-order valence-corrected chi connectivity index (χ4v) is 4.50. The zero-order valence-electron chi connectivity index (χ0n) is 16.6. The summed E-state index contributed by atoms with van der Waals surface area (Å²) in [5.41, 5.74) is 6.31. The van der Waals surface area contributed by atoms with Gasteiger partial charge in [0.15, 0.2) is 0 Å². The lowest BCUT2D eigenvalue weighted by Gasteiger charge is -2.25. The lowest BCUT2D eigenvalue weighted by atomic mass is 9.89. The summed E-state index contributed by atoms with van der Waals surface area (Å²) < 4.78 is 11.9.